The Morgan fingerprint density at radius 1 is 1.60 bits per heavy atom. The smallest absolute Gasteiger partial charge is 0.151 e. The third kappa shape index (κ3) is 2.48. The van der Waals surface area contributed by atoms with Crippen LogP contribution in [-0.2, 0) is 4.79 Å². The number of hydrogen-bond acceptors (Lipinski definition) is 3. The van der Waals surface area contributed by atoms with Gasteiger partial charge in [-0.1, -0.05) is 17.7 Å². The minimum Gasteiger partial charge on any atom is -0.497 e. The van der Waals surface area contributed by atoms with Crippen molar-refractivity contribution in [3.8, 4) is 11.8 Å². The molecule has 0 aliphatic heterocycles. The van der Waals surface area contributed by atoms with Crippen LogP contribution in [0.3, 0.4) is 0 Å². The normalized spacial score (nSPS) is 11.6. The van der Waals surface area contributed by atoms with Crippen LogP contribution >= 0.6 is 11.6 Å². The maximum Gasteiger partial charge on any atom is 0.151 e. The molecule has 1 rings (SSSR count). The third-order valence-electron chi connectivity index (χ3n) is 2.05. The summed E-state index contributed by atoms with van der Waals surface area (Å²) in [5.74, 6) is -0.419. The summed E-state index contributed by atoms with van der Waals surface area (Å²) in [5.41, 5.74) is 0.521. The Hall–Kier alpha value is -1.53. The number of methoxy groups -OCH3 is 1. The van der Waals surface area contributed by atoms with E-state index in [4.69, 9.17) is 21.6 Å². The van der Waals surface area contributed by atoms with Crippen molar-refractivity contribution in [2.45, 2.75) is 12.8 Å². The monoisotopic (exact) mass is 223 g/mol. The predicted molar refractivity (Wildman–Crippen MR) is 57.0 cm³/mol. The molecule has 1 atom stereocenters. The van der Waals surface area contributed by atoms with E-state index >= 15 is 0 Å². The first-order valence-electron chi connectivity index (χ1n) is 4.33. The van der Waals surface area contributed by atoms with Crippen molar-refractivity contribution >= 4 is 17.4 Å². The summed E-state index contributed by atoms with van der Waals surface area (Å²) in [6.07, 6.45) is 0. The summed E-state index contributed by atoms with van der Waals surface area (Å²) in [6.45, 7) is 1.37. The Bertz CT molecular complexity index is 423. The Morgan fingerprint density at radius 2 is 2.27 bits per heavy atom. The van der Waals surface area contributed by atoms with Gasteiger partial charge in [0, 0.05) is 5.02 Å². The lowest BCUT2D eigenvalue weighted by Gasteiger charge is -2.09. The average molecular weight is 224 g/mol. The highest BCUT2D eigenvalue weighted by atomic mass is 35.5. The second-order valence-electron chi connectivity index (χ2n) is 3.06. The van der Waals surface area contributed by atoms with Gasteiger partial charge in [-0.25, -0.2) is 0 Å². The molecule has 0 saturated carbocycles. The SMILES string of the molecule is COc1ccc(C(C#N)C(C)=O)c(Cl)c1. The number of benzene rings is 1. The average Bonchev–Trinajstić information content (AvgIpc) is 2.20. The summed E-state index contributed by atoms with van der Waals surface area (Å²) in [6, 6.07) is 6.82. The summed E-state index contributed by atoms with van der Waals surface area (Å²) in [7, 11) is 1.53. The van der Waals surface area contributed by atoms with Gasteiger partial charge in [0.25, 0.3) is 0 Å². The van der Waals surface area contributed by atoms with Crippen LogP contribution < -0.4 is 4.74 Å². The zero-order valence-corrected chi connectivity index (χ0v) is 9.21. The zero-order valence-electron chi connectivity index (χ0n) is 8.45. The maximum atomic E-state index is 11.2. The fourth-order valence-electron chi connectivity index (χ4n) is 1.25. The van der Waals surface area contributed by atoms with Gasteiger partial charge in [-0.05, 0) is 24.6 Å². The highest BCUT2D eigenvalue weighted by Crippen LogP contribution is 2.28. The van der Waals surface area contributed by atoms with Gasteiger partial charge in [-0.3, -0.25) is 4.79 Å². The van der Waals surface area contributed by atoms with Crippen LogP contribution in [0.25, 0.3) is 0 Å². The third-order valence-corrected chi connectivity index (χ3v) is 2.38. The van der Waals surface area contributed by atoms with E-state index in [2.05, 4.69) is 0 Å². The number of ether oxygens (including phenoxy) is 1. The predicted octanol–water partition coefficient (Wildman–Crippen LogP) is 2.54. The summed E-state index contributed by atoms with van der Waals surface area (Å²) in [4.78, 5) is 11.2. The summed E-state index contributed by atoms with van der Waals surface area (Å²) >= 11 is 5.94. The highest BCUT2D eigenvalue weighted by molar-refractivity contribution is 6.31. The molecule has 0 N–H and O–H groups in total. The van der Waals surface area contributed by atoms with Crippen molar-refractivity contribution in [1.29, 1.82) is 5.26 Å². The number of carbonyl (C=O) groups is 1. The molecule has 0 aromatic heterocycles. The molecule has 0 fully saturated rings. The van der Waals surface area contributed by atoms with Crippen molar-refractivity contribution in [3.63, 3.8) is 0 Å². The van der Waals surface area contributed by atoms with E-state index in [1.165, 1.54) is 14.0 Å². The minimum absolute atomic E-state index is 0.218. The van der Waals surface area contributed by atoms with E-state index in [9.17, 15) is 4.79 Å². The number of ketones is 1. The van der Waals surface area contributed by atoms with E-state index in [1.54, 1.807) is 18.2 Å². The summed E-state index contributed by atoms with van der Waals surface area (Å²) < 4.78 is 4.97. The van der Waals surface area contributed by atoms with Crippen LogP contribution in [0.4, 0.5) is 0 Å². The Balaban J connectivity index is 3.16. The Kier molecular flexibility index (Phi) is 3.70. The lowest BCUT2D eigenvalue weighted by atomic mass is 9.97. The van der Waals surface area contributed by atoms with Gasteiger partial charge in [-0.2, -0.15) is 5.26 Å². The van der Waals surface area contributed by atoms with Crippen molar-refractivity contribution in [3.05, 3.63) is 28.8 Å². The number of nitriles is 1. The van der Waals surface area contributed by atoms with Crippen LogP contribution in [0.15, 0.2) is 18.2 Å². The van der Waals surface area contributed by atoms with Gasteiger partial charge in [0.2, 0.25) is 0 Å². The number of nitrogens with zero attached hydrogens (tertiary/aromatic N) is 1. The van der Waals surface area contributed by atoms with Crippen LogP contribution in [0, 0.1) is 11.3 Å². The van der Waals surface area contributed by atoms with E-state index in [1.807, 2.05) is 6.07 Å². The molecule has 0 aliphatic rings. The van der Waals surface area contributed by atoms with Gasteiger partial charge in [0.05, 0.1) is 13.2 Å². The molecule has 0 saturated heterocycles. The summed E-state index contributed by atoms with van der Waals surface area (Å²) in [5, 5.41) is 9.21. The van der Waals surface area contributed by atoms with Crippen LogP contribution in [-0.4, -0.2) is 12.9 Å². The maximum absolute atomic E-state index is 11.2. The molecule has 1 aromatic rings. The molecular formula is C11H10ClNO2. The second-order valence-corrected chi connectivity index (χ2v) is 3.47. The zero-order chi connectivity index (χ0) is 11.4. The first-order valence-corrected chi connectivity index (χ1v) is 4.71. The molecule has 0 spiro atoms. The Labute approximate surface area is 93.2 Å². The largest absolute Gasteiger partial charge is 0.497 e. The molecule has 1 unspecified atom stereocenters. The van der Waals surface area contributed by atoms with E-state index < -0.39 is 5.92 Å². The fourth-order valence-corrected chi connectivity index (χ4v) is 1.53. The molecule has 0 amide bonds. The van der Waals surface area contributed by atoms with Crippen LogP contribution in [0.1, 0.15) is 18.4 Å². The van der Waals surface area contributed by atoms with E-state index in [0.29, 0.717) is 16.3 Å². The topological polar surface area (TPSA) is 50.1 Å². The standard InChI is InChI=1S/C11H10ClNO2/c1-7(14)10(6-13)9-4-3-8(15-2)5-11(9)12/h3-5,10H,1-2H3. The first kappa shape index (κ1) is 11.5. The molecule has 0 radical (unpaired) electrons. The van der Waals surface area contributed by atoms with Gasteiger partial charge in [0.15, 0.2) is 5.78 Å². The number of rotatable bonds is 3. The van der Waals surface area contributed by atoms with Crippen molar-refractivity contribution in [2.75, 3.05) is 7.11 Å². The Morgan fingerprint density at radius 3 is 2.67 bits per heavy atom. The molecule has 3 nitrogen and oxygen atoms in total. The lowest BCUT2D eigenvalue weighted by Crippen LogP contribution is -2.06. The van der Waals surface area contributed by atoms with Gasteiger partial charge < -0.3 is 4.74 Å². The van der Waals surface area contributed by atoms with Gasteiger partial charge in [0.1, 0.15) is 11.7 Å². The molecule has 0 aliphatic carbocycles. The van der Waals surface area contributed by atoms with Gasteiger partial charge >= 0.3 is 0 Å². The van der Waals surface area contributed by atoms with Gasteiger partial charge in [-0.15, -0.1) is 0 Å². The van der Waals surface area contributed by atoms with Crippen molar-refractivity contribution in [2.24, 2.45) is 0 Å². The molecule has 78 valence electrons. The first-order chi connectivity index (χ1) is 7.10. The van der Waals surface area contributed by atoms with E-state index in [0.717, 1.165) is 0 Å². The van der Waals surface area contributed by atoms with Crippen molar-refractivity contribution < 1.29 is 9.53 Å². The minimum atomic E-state index is -0.802. The number of halogens is 1. The molecule has 1 aromatic carbocycles. The second kappa shape index (κ2) is 4.81. The quantitative estimate of drug-likeness (QED) is 0.791. The van der Waals surface area contributed by atoms with Crippen molar-refractivity contribution in [1.82, 2.24) is 0 Å². The molecular weight excluding hydrogens is 214 g/mol. The molecule has 0 heterocycles. The molecule has 4 heteroatoms. The lowest BCUT2D eigenvalue weighted by molar-refractivity contribution is -0.117. The number of hydrogen-bond donors (Lipinski definition) is 0. The fraction of sp³-hybridized carbons (Fsp3) is 0.273. The highest BCUT2D eigenvalue weighted by Gasteiger charge is 2.18. The van der Waals surface area contributed by atoms with E-state index in [-0.39, 0.29) is 5.78 Å². The van der Waals surface area contributed by atoms with Crippen LogP contribution in [0.5, 0.6) is 5.75 Å². The number of carbonyl (C=O) groups excluding carboxylic acids is 1. The number of Topliss-reactive ketones (excluding diaryl/α,β-unsaturated/α-hetero) is 1. The molecule has 0 bridgehead atoms. The van der Waals surface area contributed by atoms with Crippen LogP contribution in [0.2, 0.25) is 5.02 Å². The molecule has 15 heavy (non-hydrogen) atoms.